The second-order valence-corrected chi connectivity index (χ2v) is 5.71. The molecule has 0 saturated heterocycles. The molecule has 0 aliphatic rings. The summed E-state index contributed by atoms with van der Waals surface area (Å²) in [6.45, 7) is 8.48. The van der Waals surface area contributed by atoms with Gasteiger partial charge in [0.1, 0.15) is 11.4 Å². The van der Waals surface area contributed by atoms with Gasteiger partial charge < -0.3 is 10.5 Å². The summed E-state index contributed by atoms with van der Waals surface area (Å²) in [4.78, 5) is 0. The molecule has 0 spiro atoms. The summed E-state index contributed by atoms with van der Waals surface area (Å²) >= 11 is 0. The third-order valence-electron chi connectivity index (χ3n) is 3.37. The van der Waals surface area contributed by atoms with Gasteiger partial charge in [-0.05, 0) is 29.5 Å². The van der Waals surface area contributed by atoms with Crippen molar-refractivity contribution in [2.75, 3.05) is 5.73 Å². The van der Waals surface area contributed by atoms with Crippen molar-refractivity contribution in [2.45, 2.75) is 39.5 Å². The van der Waals surface area contributed by atoms with Crippen molar-refractivity contribution in [3.8, 4) is 11.6 Å². The lowest BCUT2D eigenvalue weighted by molar-refractivity contribution is 0.432. The number of hydrogen-bond donors (Lipinski definition) is 1. The highest BCUT2D eigenvalue weighted by Crippen LogP contribution is 2.33. The summed E-state index contributed by atoms with van der Waals surface area (Å²) < 4.78 is 7.58. The maximum absolute atomic E-state index is 6.12. The molecule has 0 fully saturated rings. The van der Waals surface area contributed by atoms with Gasteiger partial charge in [-0.2, -0.15) is 5.10 Å². The molecule has 1 aromatic carbocycles. The lowest BCUT2D eigenvalue weighted by Gasteiger charge is -2.09. The lowest BCUT2D eigenvalue weighted by atomic mass is 10.0. The van der Waals surface area contributed by atoms with E-state index in [0.717, 1.165) is 11.4 Å². The van der Waals surface area contributed by atoms with Crippen molar-refractivity contribution in [2.24, 2.45) is 7.05 Å². The predicted molar refractivity (Wildman–Crippen MR) is 82.3 cm³/mol. The van der Waals surface area contributed by atoms with Crippen LogP contribution in [0.4, 0.5) is 5.69 Å². The van der Waals surface area contributed by atoms with E-state index in [1.54, 1.807) is 4.68 Å². The Kier molecular flexibility index (Phi) is 4.02. The molecular weight excluding hydrogens is 250 g/mol. The lowest BCUT2D eigenvalue weighted by Crippen LogP contribution is -1.97. The SMILES string of the molecule is CC(C)c1ccc(Oc2c(N)c(C(C)C)nn2C)cc1. The molecule has 0 radical (unpaired) electrons. The van der Waals surface area contributed by atoms with Crippen LogP contribution in [0.3, 0.4) is 0 Å². The second-order valence-electron chi connectivity index (χ2n) is 5.71. The number of nitrogens with zero attached hydrogens (tertiary/aromatic N) is 2. The molecule has 0 bridgehead atoms. The first-order chi connectivity index (χ1) is 9.40. The van der Waals surface area contributed by atoms with E-state index < -0.39 is 0 Å². The molecule has 2 N–H and O–H groups in total. The van der Waals surface area contributed by atoms with Crippen LogP contribution in [0.15, 0.2) is 24.3 Å². The maximum Gasteiger partial charge on any atom is 0.241 e. The summed E-state index contributed by atoms with van der Waals surface area (Å²) in [7, 11) is 1.85. The standard InChI is InChI=1S/C16H23N3O/c1-10(2)12-6-8-13(9-7-12)20-16-14(17)15(11(3)4)18-19(16)5/h6-11H,17H2,1-5H3. The number of anilines is 1. The first kappa shape index (κ1) is 14.4. The molecule has 0 aliphatic heterocycles. The summed E-state index contributed by atoms with van der Waals surface area (Å²) in [5, 5.41) is 4.42. The van der Waals surface area contributed by atoms with Gasteiger partial charge in [0, 0.05) is 7.05 Å². The Balaban J connectivity index is 2.26. The normalized spacial score (nSPS) is 11.3. The van der Waals surface area contributed by atoms with Crippen LogP contribution >= 0.6 is 0 Å². The molecule has 0 amide bonds. The Bertz CT molecular complexity index is 583. The second kappa shape index (κ2) is 5.57. The third-order valence-corrected chi connectivity index (χ3v) is 3.37. The first-order valence-corrected chi connectivity index (χ1v) is 7.00. The number of aryl methyl sites for hydroxylation is 1. The van der Waals surface area contributed by atoms with Crippen LogP contribution in [-0.4, -0.2) is 9.78 Å². The highest BCUT2D eigenvalue weighted by molar-refractivity contribution is 5.55. The zero-order valence-electron chi connectivity index (χ0n) is 12.8. The molecule has 20 heavy (non-hydrogen) atoms. The van der Waals surface area contributed by atoms with Gasteiger partial charge in [-0.25, -0.2) is 4.68 Å². The zero-order valence-corrected chi connectivity index (χ0v) is 12.8. The molecule has 0 aliphatic carbocycles. The summed E-state index contributed by atoms with van der Waals surface area (Å²) in [5.41, 5.74) is 8.91. The molecule has 1 heterocycles. The Labute approximate surface area is 120 Å². The van der Waals surface area contributed by atoms with Gasteiger partial charge in [0.15, 0.2) is 0 Å². The Hall–Kier alpha value is -1.97. The van der Waals surface area contributed by atoms with Crippen LogP contribution in [0, 0.1) is 0 Å². The highest BCUT2D eigenvalue weighted by Gasteiger charge is 2.17. The monoisotopic (exact) mass is 273 g/mol. The quantitative estimate of drug-likeness (QED) is 0.914. The minimum atomic E-state index is 0.280. The van der Waals surface area contributed by atoms with Crippen LogP contribution < -0.4 is 10.5 Å². The Morgan fingerprint density at radius 1 is 1.05 bits per heavy atom. The van der Waals surface area contributed by atoms with Crippen LogP contribution in [0.2, 0.25) is 0 Å². The molecule has 2 aromatic rings. The van der Waals surface area contributed by atoms with E-state index in [9.17, 15) is 0 Å². The van der Waals surface area contributed by atoms with Crippen LogP contribution in [0.1, 0.15) is 50.8 Å². The fourth-order valence-electron chi connectivity index (χ4n) is 2.12. The number of benzene rings is 1. The average Bonchev–Trinajstić information content (AvgIpc) is 2.67. The minimum absolute atomic E-state index is 0.280. The number of hydrogen-bond acceptors (Lipinski definition) is 3. The van der Waals surface area contributed by atoms with Crippen molar-refractivity contribution in [1.29, 1.82) is 0 Å². The Morgan fingerprint density at radius 3 is 2.10 bits per heavy atom. The van der Waals surface area contributed by atoms with Gasteiger partial charge in [-0.15, -0.1) is 0 Å². The summed E-state index contributed by atoms with van der Waals surface area (Å²) in [6, 6.07) is 8.10. The smallest absolute Gasteiger partial charge is 0.241 e. The number of aromatic nitrogens is 2. The molecule has 0 saturated carbocycles. The summed E-state index contributed by atoms with van der Waals surface area (Å²) in [5.74, 6) is 2.17. The van der Waals surface area contributed by atoms with Crippen molar-refractivity contribution in [3.05, 3.63) is 35.5 Å². The number of rotatable bonds is 4. The Morgan fingerprint density at radius 2 is 1.65 bits per heavy atom. The van der Waals surface area contributed by atoms with E-state index in [-0.39, 0.29) is 5.92 Å². The third kappa shape index (κ3) is 2.79. The van der Waals surface area contributed by atoms with Gasteiger partial charge in [-0.1, -0.05) is 39.8 Å². The van der Waals surface area contributed by atoms with E-state index >= 15 is 0 Å². The van der Waals surface area contributed by atoms with Crippen molar-refractivity contribution in [3.63, 3.8) is 0 Å². The van der Waals surface area contributed by atoms with E-state index in [4.69, 9.17) is 10.5 Å². The molecule has 4 nitrogen and oxygen atoms in total. The zero-order chi connectivity index (χ0) is 14.9. The maximum atomic E-state index is 6.12. The van der Waals surface area contributed by atoms with Crippen LogP contribution in [0.5, 0.6) is 11.6 Å². The molecule has 0 unspecified atom stereocenters. The van der Waals surface area contributed by atoms with Gasteiger partial charge in [0.05, 0.1) is 5.69 Å². The van der Waals surface area contributed by atoms with E-state index in [1.807, 2.05) is 19.2 Å². The minimum Gasteiger partial charge on any atom is -0.437 e. The van der Waals surface area contributed by atoms with Gasteiger partial charge >= 0.3 is 0 Å². The predicted octanol–water partition coefficient (Wildman–Crippen LogP) is 4.04. The number of nitrogens with two attached hydrogens (primary N) is 1. The molecule has 2 rings (SSSR count). The molecule has 1 aromatic heterocycles. The fraction of sp³-hybridized carbons (Fsp3) is 0.438. The fourth-order valence-corrected chi connectivity index (χ4v) is 2.12. The largest absolute Gasteiger partial charge is 0.437 e. The van der Waals surface area contributed by atoms with Gasteiger partial charge in [0.25, 0.3) is 0 Å². The van der Waals surface area contributed by atoms with E-state index in [0.29, 0.717) is 17.5 Å². The van der Waals surface area contributed by atoms with Gasteiger partial charge in [0.2, 0.25) is 5.88 Å². The van der Waals surface area contributed by atoms with E-state index in [1.165, 1.54) is 5.56 Å². The molecule has 108 valence electrons. The van der Waals surface area contributed by atoms with Crippen LogP contribution in [0.25, 0.3) is 0 Å². The van der Waals surface area contributed by atoms with Crippen molar-refractivity contribution >= 4 is 5.69 Å². The number of nitrogen functional groups attached to an aromatic ring is 1. The molecule has 4 heteroatoms. The van der Waals surface area contributed by atoms with Gasteiger partial charge in [-0.3, -0.25) is 0 Å². The average molecular weight is 273 g/mol. The van der Waals surface area contributed by atoms with Crippen LogP contribution in [-0.2, 0) is 7.05 Å². The summed E-state index contributed by atoms with van der Waals surface area (Å²) in [6.07, 6.45) is 0. The first-order valence-electron chi connectivity index (χ1n) is 7.00. The van der Waals surface area contributed by atoms with E-state index in [2.05, 4.69) is 44.9 Å². The van der Waals surface area contributed by atoms with Crippen molar-refractivity contribution in [1.82, 2.24) is 9.78 Å². The highest BCUT2D eigenvalue weighted by atomic mass is 16.5. The van der Waals surface area contributed by atoms with Crippen molar-refractivity contribution < 1.29 is 4.74 Å². The molecule has 0 atom stereocenters. The number of ether oxygens (including phenoxy) is 1. The topological polar surface area (TPSA) is 53.1 Å². The molecular formula is C16H23N3O.